The number of nitrogens with zero attached hydrogens (tertiary/aromatic N) is 4. The van der Waals surface area contributed by atoms with Crippen LogP contribution in [0.2, 0.25) is 5.02 Å². The molecular weight excluding hydrogens is 521 g/mol. The Morgan fingerprint density at radius 1 is 1.00 bits per heavy atom. The minimum Gasteiger partial charge on any atom is -0.437 e. The molecule has 4 aliphatic rings. The van der Waals surface area contributed by atoms with Crippen molar-refractivity contribution < 1.29 is 27.5 Å². The quantitative estimate of drug-likeness (QED) is 0.527. The topological polar surface area (TPSA) is 56.3 Å². The van der Waals surface area contributed by atoms with E-state index >= 15 is 0 Å². The Bertz CT molecular complexity index is 1070. The zero-order chi connectivity index (χ0) is 27.3. The molecule has 210 valence electrons. The second-order valence-corrected chi connectivity index (χ2v) is 12.1. The van der Waals surface area contributed by atoms with Crippen molar-refractivity contribution in [2.24, 2.45) is 5.41 Å². The van der Waals surface area contributed by atoms with Gasteiger partial charge in [0, 0.05) is 63.4 Å². The van der Waals surface area contributed by atoms with Crippen LogP contribution in [0.4, 0.5) is 23.7 Å². The zero-order valence-corrected chi connectivity index (χ0v) is 22.8. The van der Waals surface area contributed by atoms with Gasteiger partial charge in [0.15, 0.2) is 6.10 Å². The second kappa shape index (κ2) is 10.1. The lowest BCUT2D eigenvalue weighted by Crippen LogP contribution is -2.69. The van der Waals surface area contributed by atoms with Crippen molar-refractivity contribution in [2.45, 2.75) is 70.3 Å². The molecule has 11 heteroatoms. The molecule has 2 spiro atoms. The molecule has 0 aromatic heterocycles. The summed E-state index contributed by atoms with van der Waals surface area (Å²) in [6.07, 6.45) is -2.58. The van der Waals surface area contributed by atoms with Gasteiger partial charge in [0.05, 0.1) is 5.54 Å². The monoisotopic (exact) mass is 556 g/mol. The summed E-state index contributed by atoms with van der Waals surface area (Å²) in [7, 11) is 0. The first-order chi connectivity index (χ1) is 17.9. The van der Waals surface area contributed by atoms with Crippen molar-refractivity contribution in [1.82, 2.24) is 14.7 Å². The maximum atomic E-state index is 12.8. The van der Waals surface area contributed by atoms with Crippen LogP contribution in [0, 0.1) is 5.41 Å². The number of hydrogen-bond acceptors (Lipinski definition) is 5. The molecule has 2 amide bonds. The number of halogens is 4. The second-order valence-electron chi connectivity index (χ2n) is 11.7. The molecule has 1 aromatic carbocycles. The number of piperidine rings is 1. The van der Waals surface area contributed by atoms with Crippen LogP contribution in [0.15, 0.2) is 18.2 Å². The van der Waals surface area contributed by atoms with Crippen molar-refractivity contribution in [3.05, 3.63) is 28.8 Å². The smallest absolute Gasteiger partial charge is 0.425 e. The highest BCUT2D eigenvalue weighted by Gasteiger charge is 2.53. The van der Waals surface area contributed by atoms with Crippen LogP contribution in [0.1, 0.15) is 51.5 Å². The lowest BCUT2D eigenvalue weighted by molar-refractivity contribution is -0.202. The number of alkyl halides is 3. The van der Waals surface area contributed by atoms with Crippen molar-refractivity contribution in [2.75, 3.05) is 50.7 Å². The summed E-state index contributed by atoms with van der Waals surface area (Å²) in [4.78, 5) is 32.0. The molecule has 0 saturated carbocycles. The van der Waals surface area contributed by atoms with Crippen LogP contribution in [-0.2, 0) is 16.1 Å². The Kier molecular flexibility index (Phi) is 7.26. The van der Waals surface area contributed by atoms with Crippen LogP contribution in [0.3, 0.4) is 0 Å². The summed E-state index contributed by atoms with van der Waals surface area (Å²) in [5.41, 5.74) is 2.20. The SMILES string of the molecule is CC(=O)N1CCC2(CC1)CCN(c1cc(Cl)cc(CN3CCCC34CN(C(=O)OC(C)C(F)(F)F)C4)c1)C2. The summed E-state index contributed by atoms with van der Waals surface area (Å²) in [6.45, 7) is 8.32. The Morgan fingerprint density at radius 3 is 2.34 bits per heavy atom. The number of carbonyl (C=O) groups excluding carboxylic acids is 2. The number of carbonyl (C=O) groups is 2. The fraction of sp³-hybridized carbons (Fsp3) is 0.704. The molecule has 0 N–H and O–H groups in total. The molecule has 1 unspecified atom stereocenters. The molecule has 1 atom stereocenters. The molecule has 0 bridgehead atoms. The van der Waals surface area contributed by atoms with Crippen molar-refractivity contribution in [3.8, 4) is 0 Å². The van der Waals surface area contributed by atoms with E-state index in [1.807, 2.05) is 17.0 Å². The average molecular weight is 557 g/mol. The number of ether oxygens (including phenoxy) is 1. The van der Waals surface area contributed by atoms with E-state index in [0.717, 1.165) is 83.0 Å². The Labute approximate surface area is 226 Å². The zero-order valence-electron chi connectivity index (χ0n) is 22.0. The van der Waals surface area contributed by atoms with Gasteiger partial charge in [0.1, 0.15) is 0 Å². The number of likely N-dealkylation sites (tertiary alicyclic amines) is 3. The third-order valence-corrected chi connectivity index (χ3v) is 9.31. The van der Waals surface area contributed by atoms with Crippen molar-refractivity contribution in [1.29, 1.82) is 0 Å². The van der Waals surface area contributed by atoms with Crippen LogP contribution in [-0.4, -0.2) is 90.3 Å². The molecule has 5 rings (SSSR count). The molecule has 4 saturated heterocycles. The predicted octanol–water partition coefficient (Wildman–Crippen LogP) is 4.92. The van der Waals surface area contributed by atoms with Crippen LogP contribution in [0.5, 0.6) is 0 Å². The number of benzene rings is 1. The maximum Gasteiger partial charge on any atom is 0.425 e. The average Bonchev–Trinajstić information content (AvgIpc) is 3.42. The van der Waals surface area contributed by atoms with Crippen LogP contribution < -0.4 is 4.90 Å². The first-order valence-corrected chi connectivity index (χ1v) is 13.8. The normalized spacial score (nSPS) is 23.7. The molecule has 0 radical (unpaired) electrons. The minimum atomic E-state index is -4.57. The fourth-order valence-electron chi connectivity index (χ4n) is 6.67. The van der Waals surface area contributed by atoms with E-state index in [1.165, 1.54) is 4.90 Å². The standard InChI is InChI=1S/C27H36ClF3N4O3/c1-19(27(29,30)31)38-24(37)34-17-26(18-34)4-3-8-35(26)15-21-12-22(28)14-23(13-21)33-11-7-25(16-33)5-9-32(10-6-25)20(2)36/h12-14,19H,3-11,15-18H2,1-2H3. The van der Waals surface area contributed by atoms with Gasteiger partial charge in [-0.25, -0.2) is 4.79 Å². The molecule has 4 fully saturated rings. The highest BCUT2D eigenvalue weighted by Crippen LogP contribution is 2.43. The number of hydrogen-bond donors (Lipinski definition) is 0. The van der Waals surface area contributed by atoms with Crippen molar-refractivity contribution >= 4 is 29.3 Å². The first kappa shape index (κ1) is 27.4. The fourth-order valence-corrected chi connectivity index (χ4v) is 6.92. The molecule has 4 aliphatic heterocycles. The lowest BCUT2D eigenvalue weighted by atomic mass is 9.78. The van der Waals surface area contributed by atoms with Gasteiger partial charge in [-0.2, -0.15) is 13.2 Å². The molecular formula is C27H36ClF3N4O3. The van der Waals surface area contributed by atoms with Gasteiger partial charge < -0.3 is 19.4 Å². The van der Waals surface area contributed by atoms with E-state index in [4.69, 9.17) is 11.6 Å². The minimum absolute atomic E-state index is 0.149. The van der Waals surface area contributed by atoms with Gasteiger partial charge in [-0.15, -0.1) is 0 Å². The van der Waals surface area contributed by atoms with Crippen LogP contribution in [0.25, 0.3) is 0 Å². The largest absolute Gasteiger partial charge is 0.437 e. The third-order valence-electron chi connectivity index (χ3n) is 9.10. The van der Waals surface area contributed by atoms with E-state index in [9.17, 15) is 22.8 Å². The van der Waals surface area contributed by atoms with Gasteiger partial charge in [0.2, 0.25) is 5.91 Å². The number of amides is 2. The summed E-state index contributed by atoms with van der Waals surface area (Å²) < 4.78 is 43.0. The summed E-state index contributed by atoms with van der Waals surface area (Å²) in [5.74, 6) is 0.149. The predicted molar refractivity (Wildman–Crippen MR) is 138 cm³/mol. The Hall–Kier alpha value is -2.20. The van der Waals surface area contributed by atoms with E-state index in [0.29, 0.717) is 24.7 Å². The van der Waals surface area contributed by atoms with Crippen molar-refractivity contribution in [3.63, 3.8) is 0 Å². The highest BCUT2D eigenvalue weighted by molar-refractivity contribution is 6.30. The lowest BCUT2D eigenvalue weighted by Gasteiger charge is -2.52. The van der Waals surface area contributed by atoms with Gasteiger partial charge >= 0.3 is 12.3 Å². The third kappa shape index (κ3) is 5.43. The van der Waals surface area contributed by atoms with E-state index < -0.39 is 18.4 Å². The summed E-state index contributed by atoms with van der Waals surface area (Å²) in [6, 6.07) is 6.18. The maximum absolute atomic E-state index is 12.8. The van der Waals surface area contributed by atoms with E-state index in [1.54, 1.807) is 6.92 Å². The molecule has 1 aromatic rings. The number of rotatable bonds is 4. The van der Waals surface area contributed by atoms with Gasteiger partial charge in [-0.1, -0.05) is 11.6 Å². The highest BCUT2D eigenvalue weighted by atomic mass is 35.5. The van der Waals surface area contributed by atoms with Gasteiger partial charge in [0.25, 0.3) is 0 Å². The molecule has 0 aliphatic carbocycles. The summed E-state index contributed by atoms with van der Waals surface area (Å²) >= 11 is 6.56. The van der Waals surface area contributed by atoms with E-state index in [2.05, 4.69) is 20.6 Å². The Morgan fingerprint density at radius 2 is 1.68 bits per heavy atom. The first-order valence-electron chi connectivity index (χ1n) is 13.5. The van der Waals surface area contributed by atoms with E-state index in [-0.39, 0.29) is 16.9 Å². The molecule has 38 heavy (non-hydrogen) atoms. The number of anilines is 1. The van der Waals surface area contributed by atoms with Gasteiger partial charge in [-0.3, -0.25) is 9.69 Å². The van der Waals surface area contributed by atoms with Gasteiger partial charge in [-0.05, 0) is 74.8 Å². The molecule has 4 heterocycles. The Balaban J connectivity index is 1.20. The van der Waals surface area contributed by atoms with Crippen LogP contribution >= 0.6 is 11.6 Å². The molecule has 7 nitrogen and oxygen atoms in total. The summed E-state index contributed by atoms with van der Waals surface area (Å²) in [5, 5.41) is 0.679.